The topological polar surface area (TPSA) is 153 Å². The summed E-state index contributed by atoms with van der Waals surface area (Å²) in [5.41, 5.74) is 99.5. The lowest BCUT2D eigenvalue weighted by Gasteiger charge is -2.35. The van der Waals surface area contributed by atoms with Gasteiger partial charge in [-0.2, -0.15) is 0 Å². The number of anilines is 3. The molecule has 7 rings (SSSR count). The highest BCUT2D eigenvalue weighted by molar-refractivity contribution is 6.29. The van der Waals surface area contributed by atoms with E-state index in [1.54, 1.807) is 0 Å². The first-order valence-electron chi connectivity index (χ1n) is 34.9. The Morgan fingerprint density at radius 1 is 0.352 bits per heavy atom. The van der Waals surface area contributed by atoms with E-state index < -0.39 is 78.0 Å². The monoisotopic (exact) mass is 1410 g/mol. The van der Waals surface area contributed by atoms with Crippen molar-refractivity contribution in [3.8, 4) is 0 Å². The standard InChI is InChI=1S/C95H71N5O8/c1-13-22-23-24-25-26-27-28-29-30-31-32-33-34-35-36-37-38-39-40-41-42-43-44-45-46-47-48-49-50-51-52-53-54-86(96(70(11)101)84-67-89(105)99(94(84)107)92-80(18-6)63-73(64-81(92)19-7)57-72-59-76(14-2)69(10)77(15-3)60-72)97(71(12)102)85-68-90(106)100(95(85)108)93-82(20-8)65-75(66-83(93)21-9)58-74-61-78(16-4)91(79(17-5)62-74)98-87(103)55-56-88(98)104/h55-56,59-66,84-85H,1,14-21,57-58,67-68H2,2-12H3. The van der Waals surface area contributed by atoms with Gasteiger partial charge in [0.15, 0.2) is 5.82 Å². The maximum Gasteiger partial charge on any atom is 0.258 e. The largest absolute Gasteiger partial charge is 0.278 e. The molecule has 13 nitrogen and oxygen atoms in total. The van der Waals surface area contributed by atoms with Gasteiger partial charge in [0.1, 0.15) is 12.1 Å². The van der Waals surface area contributed by atoms with E-state index in [2.05, 4.69) is 234 Å². The highest BCUT2D eigenvalue weighted by atomic mass is 16.2. The Morgan fingerprint density at radius 2 is 0.574 bits per heavy atom. The molecule has 8 amide bonds. The van der Waals surface area contributed by atoms with Crippen molar-refractivity contribution in [2.24, 2.45) is 0 Å². The fraction of sp³-hybridized carbons (Fsp3) is 0.263. The molecule has 4 aromatic carbocycles. The van der Waals surface area contributed by atoms with E-state index >= 15 is 9.59 Å². The van der Waals surface area contributed by atoms with Gasteiger partial charge in [-0.1, -0.05) is 110 Å². The van der Waals surface area contributed by atoms with Crippen molar-refractivity contribution in [2.75, 3.05) is 14.7 Å². The number of hydrogen-bond donors (Lipinski definition) is 0. The molecule has 3 heterocycles. The van der Waals surface area contributed by atoms with Gasteiger partial charge in [0.2, 0.25) is 23.6 Å². The van der Waals surface area contributed by atoms with Crippen LogP contribution < -0.4 is 14.7 Å². The average molecular weight is 1410 g/mol. The Balaban J connectivity index is 1.32. The van der Waals surface area contributed by atoms with Crippen molar-refractivity contribution in [2.45, 2.75) is 165 Å². The van der Waals surface area contributed by atoms with E-state index in [4.69, 9.17) is 0 Å². The van der Waals surface area contributed by atoms with E-state index in [1.807, 2.05) is 77.9 Å². The number of imide groups is 3. The van der Waals surface area contributed by atoms with Gasteiger partial charge in [-0.25, -0.2) is 14.7 Å². The zero-order valence-corrected chi connectivity index (χ0v) is 62.1. The summed E-state index contributed by atoms with van der Waals surface area (Å²) in [6.45, 7) is 23.7. The molecule has 3 aliphatic rings. The molecule has 0 saturated carbocycles. The fourth-order valence-corrected chi connectivity index (χ4v) is 12.6. The Bertz CT molecular complexity index is 5930. The average Bonchev–Trinajstić information content (AvgIpc) is 1.59. The van der Waals surface area contributed by atoms with Gasteiger partial charge >= 0.3 is 0 Å². The summed E-state index contributed by atoms with van der Waals surface area (Å²) in [7, 11) is 0. The molecule has 4 aromatic rings. The predicted molar refractivity (Wildman–Crippen MR) is 408 cm³/mol. The van der Waals surface area contributed by atoms with Crippen molar-refractivity contribution in [1.29, 1.82) is 0 Å². The minimum atomic E-state index is -1.59. The number of benzene rings is 4. The highest BCUT2D eigenvalue weighted by Gasteiger charge is 2.51. The third kappa shape index (κ3) is 20.7. The van der Waals surface area contributed by atoms with Gasteiger partial charge in [0.05, 0.1) is 29.9 Å². The lowest BCUT2D eigenvalue weighted by molar-refractivity contribution is -0.141. The smallest absolute Gasteiger partial charge is 0.258 e. The first-order valence-corrected chi connectivity index (χ1v) is 34.9. The summed E-state index contributed by atoms with van der Waals surface area (Å²) >= 11 is 0. The van der Waals surface area contributed by atoms with Gasteiger partial charge in [-0.15, -0.1) is 0 Å². The number of carbonyl (C=O) groups is 8. The van der Waals surface area contributed by atoms with Crippen LogP contribution in [-0.2, 0) is 103 Å². The van der Waals surface area contributed by atoms with E-state index in [9.17, 15) is 28.8 Å². The molecule has 108 heavy (non-hydrogen) atoms. The number of amides is 8. The summed E-state index contributed by atoms with van der Waals surface area (Å²) in [4.78, 5) is 120. The van der Waals surface area contributed by atoms with Gasteiger partial charge in [0.25, 0.3) is 23.6 Å². The molecular formula is C95H71N5O8. The van der Waals surface area contributed by atoms with Crippen LogP contribution >= 0.6 is 0 Å². The minimum Gasteiger partial charge on any atom is -0.278 e. The second-order valence-electron chi connectivity index (χ2n) is 23.8. The summed E-state index contributed by atoms with van der Waals surface area (Å²) in [5.74, 6) is -5.64. The molecule has 2 fully saturated rings. The second kappa shape index (κ2) is 40.8. The van der Waals surface area contributed by atoms with Crippen LogP contribution in [0.25, 0.3) is 0 Å². The molecule has 3 aliphatic heterocycles. The molecule has 0 aromatic heterocycles. The number of carbonyl (C=O) groups excluding carboxylic acids is 8. The highest BCUT2D eigenvalue weighted by Crippen LogP contribution is 2.40. The molecular weight excluding hydrogens is 1340 g/mol. The summed E-state index contributed by atoms with van der Waals surface area (Å²) in [5, 5.41) is 0. The first kappa shape index (κ1) is 80.6. The van der Waals surface area contributed by atoms with Crippen LogP contribution in [0.2, 0.25) is 0 Å². The lowest BCUT2D eigenvalue weighted by atomic mass is 9.91. The summed E-state index contributed by atoms with van der Waals surface area (Å²) < 4.78 is 0. The molecule has 0 aliphatic carbocycles. The van der Waals surface area contributed by atoms with Crippen molar-refractivity contribution in [3.05, 3.63) is 340 Å². The van der Waals surface area contributed by atoms with E-state index in [0.717, 1.165) is 90.8 Å². The van der Waals surface area contributed by atoms with Crippen LogP contribution in [-0.4, -0.2) is 69.1 Å². The van der Waals surface area contributed by atoms with Crippen molar-refractivity contribution in [3.63, 3.8) is 0 Å². The van der Waals surface area contributed by atoms with Crippen molar-refractivity contribution >= 4 is 64.3 Å². The first-order chi connectivity index (χ1) is 52.3. The van der Waals surface area contributed by atoms with Crippen LogP contribution in [0.1, 0.15) is 154 Å². The zero-order chi connectivity index (χ0) is 78.1. The fourth-order valence-electron chi connectivity index (χ4n) is 12.6. The van der Waals surface area contributed by atoms with Gasteiger partial charge < -0.3 is 0 Å². The van der Waals surface area contributed by atoms with Gasteiger partial charge in [-0.3, -0.25) is 48.2 Å². The molecule has 2 saturated heterocycles. The Kier molecular flexibility index (Phi) is 30.4. The zero-order valence-electron chi connectivity index (χ0n) is 62.1. The van der Waals surface area contributed by atoms with E-state index in [1.165, 1.54) is 33.7 Å². The predicted octanol–water partition coefficient (Wildman–Crippen LogP) is 14.5. The second-order valence-corrected chi connectivity index (χ2v) is 23.8. The van der Waals surface area contributed by atoms with Crippen molar-refractivity contribution < 1.29 is 38.4 Å². The number of rotatable bonds is 19. The van der Waals surface area contributed by atoms with Crippen LogP contribution in [0.4, 0.5) is 17.1 Å². The molecule has 0 bridgehead atoms. The van der Waals surface area contributed by atoms with Gasteiger partial charge in [-0.05, 0) is 247 Å². The lowest BCUT2D eigenvalue weighted by Crippen LogP contribution is -2.53. The van der Waals surface area contributed by atoms with E-state index in [0.29, 0.717) is 79.6 Å². The van der Waals surface area contributed by atoms with E-state index in [-0.39, 0.29) is 0 Å². The Labute approximate surface area is 629 Å². The van der Waals surface area contributed by atoms with Gasteiger partial charge in [0, 0.05) is 118 Å². The molecule has 0 radical (unpaired) electrons. The number of hydrogen-bond acceptors (Lipinski definition) is 8. The third-order valence-corrected chi connectivity index (χ3v) is 17.2. The molecule has 0 N–H and O–H groups in total. The maximum absolute atomic E-state index is 15.4. The SMILES string of the molecule is C=C=C=C=C=C=C=C=C=C=C=C=C=C=C=C=C=C=C=C=C=C=C=C=C=C=C=C=C=C=C=C=C=C=C=C(N(C(C)=O)C1CC(=O)N(c2c(CC)cc(Cc3cc(CC)c(C)c(CC)c3)cc2CC)C1=O)N(C(C)=O)C1CC(=O)N(c2c(CC)cc(Cc3cc(CC)c(N4C(=O)C=CC4=O)c(CC)c3)cc2CC)C1=O. The molecule has 0 spiro atoms. The Morgan fingerprint density at radius 3 is 0.806 bits per heavy atom. The summed E-state index contributed by atoms with van der Waals surface area (Å²) in [6, 6.07) is 13.3. The molecule has 13 heteroatoms. The minimum absolute atomic E-state index is 0.362. The summed E-state index contributed by atoms with van der Waals surface area (Å²) in [6.07, 6.45) is 7.11. The third-order valence-electron chi connectivity index (χ3n) is 17.2. The number of nitrogens with zero attached hydrogens (tertiary/aromatic N) is 5. The normalized spacial score (nSPS) is 12.7. The van der Waals surface area contributed by atoms with Crippen LogP contribution in [0.5, 0.6) is 0 Å². The quantitative estimate of drug-likeness (QED) is 0.0664. The molecule has 2 unspecified atom stereocenters. The van der Waals surface area contributed by atoms with Crippen LogP contribution in [0, 0.1) is 6.92 Å². The van der Waals surface area contributed by atoms with Crippen molar-refractivity contribution in [1.82, 2.24) is 9.80 Å². The Hall–Kier alpha value is -14.8. The van der Waals surface area contributed by atoms with Crippen LogP contribution in [0.3, 0.4) is 0 Å². The maximum atomic E-state index is 15.4. The number of aryl methyl sites for hydroxylation is 8. The molecule has 524 valence electrons. The molecule has 2 atom stereocenters. The van der Waals surface area contributed by atoms with Crippen LogP contribution in [0.15, 0.2) is 268 Å².